The molecule has 0 spiro atoms. The summed E-state index contributed by atoms with van der Waals surface area (Å²) >= 11 is 0. The molecule has 3 rings (SSSR count). The lowest BCUT2D eigenvalue weighted by atomic mass is 10.4. The van der Waals surface area contributed by atoms with Gasteiger partial charge >= 0.3 is 0 Å². The molecule has 0 aliphatic heterocycles. The van der Waals surface area contributed by atoms with Crippen LogP contribution in [0.25, 0.3) is 0 Å². The highest BCUT2D eigenvalue weighted by Crippen LogP contribution is 2.15. The standard InChI is InChI=1S/C15H11N3O2/c1-6-14(16-10-12-4-2-8-19-12)18-15(7-1)17-11-13-5-3-9-20-13/h1-11H. The second kappa shape index (κ2) is 5.79. The second-order valence-electron chi connectivity index (χ2n) is 3.90. The SMILES string of the molecule is C(=Nc1cccc(N=Cc2ccco2)n1)c1ccco1. The number of aliphatic imine (C=N–C) groups is 2. The van der Waals surface area contributed by atoms with Crippen LogP contribution in [-0.4, -0.2) is 17.4 Å². The van der Waals surface area contributed by atoms with Gasteiger partial charge in [-0.25, -0.2) is 15.0 Å². The van der Waals surface area contributed by atoms with E-state index in [4.69, 9.17) is 8.83 Å². The monoisotopic (exact) mass is 265 g/mol. The van der Waals surface area contributed by atoms with E-state index in [9.17, 15) is 0 Å². The Labute approximate surface area is 115 Å². The Morgan fingerprint density at radius 1 is 0.750 bits per heavy atom. The van der Waals surface area contributed by atoms with Crippen molar-refractivity contribution in [3.63, 3.8) is 0 Å². The van der Waals surface area contributed by atoms with E-state index in [-0.39, 0.29) is 0 Å². The molecule has 0 bridgehead atoms. The number of aromatic nitrogens is 1. The molecule has 0 atom stereocenters. The lowest BCUT2D eigenvalue weighted by Gasteiger charge is -1.94. The maximum atomic E-state index is 5.16. The Balaban J connectivity index is 1.76. The fourth-order valence-electron chi connectivity index (χ4n) is 1.54. The summed E-state index contributed by atoms with van der Waals surface area (Å²) in [6.45, 7) is 0. The summed E-state index contributed by atoms with van der Waals surface area (Å²) < 4.78 is 10.3. The predicted molar refractivity (Wildman–Crippen MR) is 76.2 cm³/mol. The minimum Gasteiger partial charge on any atom is -0.463 e. The zero-order valence-electron chi connectivity index (χ0n) is 10.5. The topological polar surface area (TPSA) is 63.9 Å². The highest BCUT2D eigenvalue weighted by Gasteiger charge is 1.95. The minimum absolute atomic E-state index is 0.565. The van der Waals surface area contributed by atoms with Gasteiger partial charge in [0.2, 0.25) is 0 Å². The minimum atomic E-state index is 0.565. The van der Waals surface area contributed by atoms with Crippen molar-refractivity contribution in [3.05, 3.63) is 66.5 Å². The van der Waals surface area contributed by atoms with Gasteiger partial charge in [0.15, 0.2) is 11.6 Å². The second-order valence-corrected chi connectivity index (χ2v) is 3.90. The smallest absolute Gasteiger partial charge is 0.154 e. The third kappa shape index (κ3) is 3.08. The first-order chi connectivity index (χ1) is 9.90. The first kappa shape index (κ1) is 12.1. The summed E-state index contributed by atoms with van der Waals surface area (Å²) in [7, 11) is 0. The highest BCUT2D eigenvalue weighted by molar-refractivity contribution is 5.79. The van der Waals surface area contributed by atoms with E-state index in [1.54, 1.807) is 49.2 Å². The summed E-state index contributed by atoms with van der Waals surface area (Å²) in [5.74, 6) is 2.48. The molecule has 0 fully saturated rings. The number of furan rings is 2. The molecule has 3 aromatic heterocycles. The zero-order chi connectivity index (χ0) is 13.6. The summed E-state index contributed by atoms with van der Waals surface area (Å²) in [6.07, 6.45) is 6.42. The maximum Gasteiger partial charge on any atom is 0.154 e. The molecule has 3 aromatic rings. The Morgan fingerprint density at radius 3 is 1.75 bits per heavy atom. The Hall–Kier alpha value is -2.95. The zero-order valence-corrected chi connectivity index (χ0v) is 10.5. The third-order valence-corrected chi connectivity index (χ3v) is 2.45. The molecule has 0 aromatic carbocycles. The fraction of sp³-hybridized carbons (Fsp3) is 0. The van der Waals surface area contributed by atoms with E-state index in [1.165, 1.54) is 0 Å². The molecule has 0 N–H and O–H groups in total. The van der Waals surface area contributed by atoms with Crippen molar-refractivity contribution >= 4 is 24.1 Å². The number of hydrogen-bond donors (Lipinski definition) is 0. The van der Waals surface area contributed by atoms with Crippen molar-refractivity contribution in [2.45, 2.75) is 0 Å². The van der Waals surface area contributed by atoms with E-state index in [1.807, 2.05) is 18.2 Å². The molecule has 5 nitrogen and oxygen atoms in total. The van der Waals surface area contributed by atoms with Gasteiger partial charge in [-0.3, -0.25) is 0 Å². The van der Waals surface area contributed by atoms with Gasteiger partial charge in [0.1, 0.15) is 11.5 Å². The van der Waals surface area contributed by atoms with E-state index in [2.05, 4.69) is 15.0 Å². The van der Waals surface area contributed by atoms with Gasteiger partial charge in [0, 0.05) is 0 Å². The van der Waals surface area contributed by atoms with Crippen LogP contribution in [0.15, 0.2) is 73.8 Å². The molecule has 0 amide bonds. The largest absolute Gasteiger partial charge is 0.463 e. The third-order valence-electron chi connectivity index (χ3n) is 2.45. The van der Waals surface area contributed by atoms with Crippen molar-refractivity contribution in [1.82, 2.24) is 4.98 Å². The average molecular weight is 265 g/mol. The highest BCUT2D eigenvalue weighted by atomic mass is 16.3. The van der Waals surface area contributed by atoms with Gasteiger partial charge in [0.25, 0.3) is 0 Å². The Morgan fingerprint density at radius 2 is 1.30 bits per heavy atom. The fourth-order valence-corrected chi connectivity index (χ4v) is 1.54. The van der Waals surface area contributed by atoms with Crippen molar-refractivity contribution in [2.24, 2.45) is 9.98 Å². The van der Waals surface area contributed by atoms with Crippen LogP contribution < -0.4 is 0 Å². The van der Waals surface area contributed by atoms with Crippen LogP contribution in [0.1, 0.15) is 11.5 Å². The summed E-state index contributed by atoms with van der Waals surface area (Å²) in [5.41, 5.74) is 0. The van der Waals surface area contributed by atoms with Crippen molar-refractivity contribution in [3.8, 4) is 0 Å². The van der Waals surface area contributed by atoms with Gasteiger partial charge in [-0.2, -0.15) is 0 Å². The summed E-state index contributed by atoms with van der Waals surface area (Å²) in [6, 6.07) is 12.7. The van der Waals surface area contributed by atoms with Crippen LogP contribution >= 0.6 is 0 Å². The molecular formula is C15H11N3O2. The maximum absolute atomic E-state index is 5.16. The van der Waals surface area contributed by atoms with Crippen molar-refractivity contribution < 1.29 is 8.83 Å². The van der Waals surface area contributed by atoms with Crippen LogP contribution in [0.3, 0.4) is 0 Å². The van der Waals surface area contributed by atoms with E-state index in [0.29, 0.717) is 23.2 Å². The number of hydrogen-bond acceptors (Lipinski definition) is 5. The molecule has 98 valence electrons. The van der Waals surface area contributed by atoms with Gasteiger partial charge < -0.3 is 8.83 Å². The van der Waals surface area contributed by atoms with Gasteiger partial charge in [0.05, 0.1) is 25.0 Å². The van der Waals surface area contributed by atoms with Crippen molar-refractivity contribution in [2.75, 3.05) is 0 Å². The van der Waals surface area contributed by atoms with E-state index < -0.39 is 0 Å². The number of rotatable bonds is 4. The lowest BCUT2D eigenvalue weighted by molar-refractivity contribution is 0.560. The quantitative estimate of drug-likeness (QED) is 0.674. The van der Waals surface area contributed by atoms with Crippen LogP contribution in [0.4, 0.5) is 11.6 Å². The molecule has 0 radical (unpaired) electrons. The van der Waals surface area contributed by atoms with Gasteiger partial charge in [-0.1, -0.05) is 6.07 Å². The normalized spacial score (nSPS) is 11.6. The molecule has 0 aliphatic rings. The Bertz CT molecular complexity index is 654. The molecule has 0 unspecified atom stereocenters. The average Bonchev–Trinajstić information content (AvgIpc) is 3.17. The van der Waals surface area contributed by atoms with Crippen molar-refractivity contribution in [1.29, 1.82) is 0 Å². The van der Waals surface area contributed by atoms with Gasteiger partial charge in [-0.15, -0.1) is 0 Å². The van der Waals surface area contributed by atoms with Crippen LogP contribution in [-0.2, 0) is 0 Å². The molecule has 20 heavy (non-hydrogen) atoms. The molecule has 0 aliphatic carbocycles. The summed E-state index contributed by atoms with van der Waals surface area (Å²) in [5, 5.41) is 0. The van der Waals surface area contributed by atoms with Crippen LogP contribution in [0.5, 0.6) is 0 Å². The van der Waals surface area contributed by atoms with E-state index >= 15 is 0 Å². The molecular weight excluding hydrogens is 254 g/mol. The Kier molecular flexibility index (Phi) is 3.51. The first-order valence-electron chi connectivity index (χ1n) is 6.02. The molecule has 5 heteroatoms. The predicted octanol–water partition coefficient (Wildman–Crippen LogP) is 3.77. The van der Waals surface area contributed by atoms with Crippen LogP contribution in [0, 0.1) is 0 Å². The lowest BCUT2D eigenvalue weighted by Crippen LogP contribution is -1.79. The number of nitrogens with zero attached hydrogens (tertiary/aromatic N) is 3. The molecule has 0 saturated carbocycles. The molecule has 3 heterocycles. The first-order valence-corrected chi connectivity index (χ1v) is 6.02. The number of pyridine rings is 1. The van der Waals surface area contributed by atoms with E-state index in [0.717, 1.165) is 0 Å². The molecule has 0 saturated heterocycles. The van der Waals surface area contributed by atoms with Gasteiger partial charge in [-0.05, 0) is 36.4 Å². The van der Waals surface area contributed by atoms with Crippen LogP contribution in [0.2, 0.25) is 0 Å². The summed E-state index contributed by atoms with van der Waals surface area (Å²) in [4.78, 5) is 12.7.